The molecular weight excluding hydrogens is 328 g/mol. The van der Waals surface area contributed by atoms with E-state index in [2.05, 4.69) is 26.0 Å². The SMILES string of the molecule is CCC1CCC(O)(c2ccccc2-c2ccccc2Cl)/C=C/C(C)C1. The molecule has 0 heterocycles. The van der Waals surface area contributed by atoms with Crippen molar-refractivity contribution in [3.8, 4) is 11.1 Å². The number of allylic oxidation sites excluding steroid dienone is 1. The van der Waals surface area contributed by atoms with Crippen molar-refractivity contribution in [1.29, 1.82) is 0 Å². The zero-order chi connectivity index (χ0) is 17.9. The normalized spacial score (nSPS) is 28.2. The Morgan fingerprint density at radius 1 is 1.08 bits per heavy atom. The van der Waals surface area contributed by atoms with Gasteiger partial charge in [-0.2, -0.15) is 0 Å². The maximum Gasteiger partial charge on any atom is 0.108 e. The first kappa shape index (κ1) is 18.2. The smallest absolute Gasteiger partial charge is 0.108 e. The highest BCUT2D eigenvalue weighted by molar-refractivity contribution is 6.33. The van der Waals surface area contributed by atoms with Gasteiger partial charge in [-0.15, -0.1) is 0 Å². The summed E-state index contributed by atoms with van der Waals surface area (Å²) < 4.78 is 0. The van der Waals surface area contributed by atoms with Gasteiger partial charge in [-0.25, -0.2) is 0 Å². The summed E-state index contributed by atoms with van der Waals surface area (Å²) in [6.07, 6.45) is 8.36. The second-order valence-electron chi connectivity index (χ2n) is 7.33. The summed E-state index contributed by atoms with van der Waals surface area (Å²) in [6.45, 7) is 4.49. The molecule has 2 heteroatoms. The van der Waals surface area contributed by atoms with Gasteiger partial charge >= 0.3 is 0 Å². The van der Waals surface area contributed by atoms with E-state index < -0.39 is 5.60 Å². The van der Waals surface area contributed by atoms with Gasteiger partial charge in [-0.3, -0.25) is 0 Å². The van der Waals surface area contributed by atoms with Gasteiger partial charge in [-0.05, 0) is 48.3 Å². The van der Waals surface area contributed by atoms with Gasteiger partial charge < -0.3 is 5.11 Å². The van der Waals surface area contributed by atoms with Gasteiger partial charge in [0.25, 0.3) is 0 Å². The molecule has 0 fully saturated rings. The molecule has 0 amide bonds. The molecule has 1 N–H and O–H groups in total. The Kier molecular flexibility index (Phi) is 5.66. The molecule has 0 bridgehead atoms. The van der Waals surface area contributed by atoms with E-state index in [9.17, 15) is 5.11 Å². The number of hydrogen-bond acceptors (Lipinski definition) is 1. The molecule has 0 radical (unpaired) electrons. The van der Waals surface area contributed by atoms with E-state index in [-0.39, 0.29) is 0 Å². The minimum absolute atomic E-state index is 0.490. The van der Waals surface area contributed by atoms with Crippen LogP contribution in [0.15, 0.2) is 60.7 Å². The maximum atomic E-state index is 11.6. The van der Waals surface area contributed by atoms with Crippen LogP contribution in [-0.2, 0) is 5.60 Å². The minimum atomic E-state index is -0.947. The molecule has 0 saturated carbocycles. The van der Waals surface area contributed by atoms with Crippen molar-refractivity contribution in [3.05, 3.63) is 71.3 Å². The summed E-state index contributed by atoms with van der Waals surface area (Å²) in [5.74, 6) is 1.16. The molecule has 3 unspecified atom stereocenters. The first-order chi connectivity index (χ1) is 12.0. The topological polar surface area (TPSA) is 20.2 Å². The van der Waals surface area contributed by atoms with Crippen LogP contribution in [0.25, 0.3) is 11.1 Å². The molecular formula is C23H27ClO. The average molecular weight is 355 g/mol. The Bertz CT molecular complexity index is 751. The van der Waals surface area contributed by atoms with Crippen LogP contribution in [0.2, 0.25) is 5.02 Å². The predicted octanol–water partition coefficient (Wildman–Crippen LogP) is 6.60. The molecule has 1 aliphatic rings. The van der Waals surface area contributed by atoms with Crippen molar-refractivity contribution in [1.82, 2.24) is 0 Å². The highest BCUT2D eigenvalue weighted by atomic mass is 35.5. The Balaban J connectivity index is 2.07. The van der Waals surface area contributed by atoms with E-state index in [1.165, 1.54) is 12.8 Å². The third kappa shape index (κ3) is 3.99. The van der Waals surface area contributed by atoms with Crippen molar-refractivity contribution in [2.24, 2.45) is 11.8 Å². The van der Waals surface area contributed by atoms with Crippen LogP contribution in [0.3, 0.4) is 0 Å². The van der Waals surface area contributed by atoms with Crippen molar-refractivity contribution < 1.29 is 5.11 Å². The molecule has 3 rings (SSSR count). The molecule has 0 saturated heterocycles. The van der Waals surface area contributed by atoms with E-state index in [1.54, 1.807) is 0 Å². The third-order valence-corrected chi connectivity index (χ3v) is 5.80. The lowest BCUT2D eigenvalue weighted by atomic mass is 9.77. The molecule has 0 spiro atoms. The molecule has 3 atom stereocenters. The first-order valence-corrected chi connectivity index (χ1v) is 9.67. The minimum Gasteiger partial charge on any atom is -0.381 e. The monoisotopic (exact) mass is 354 g/mol. The van der Waals surface area contributed by atoms with Crippen molar-refractivity contribution in [2.75, 3.05) is 0 Å². The number of rotatable bonds is 3. The first-order valence-electron chi connectivity index (χ1n) is 9.29. The lowest BCUT2D eigenvalue weighted by Crippen LogP contribution is -2.27. The summed E-state index contributed by atoms with van der Waals surface area (Å²) in [5, 5.41) is 12.3. The second kappa shape index (κ2) is 7.76. The summed E-state index contributed by atoms with van der Waals surface area (Å²) in [4.78, 5) is 0. The number of hydrogen-bond donors (Lipinski definition) is 1. The summed E-state index contributed by atoms with van der Waals surface area (Å²) in [5.41, 5.74) is 1.99. The van der Waals surface area contributed by atoms with Crippen LogP contribution in [0.5, 0.6) is 0 Å². The van der Waals surface area contributed by atoms with E-state index in [0.29, 0.717) is 16.9 Å². The maximum absolute atomic E-state index is 11.6. The highest BCUT2D eigenvalue weighted by Crippen LogP contribution is 2.41. The third-order valence-electron chi connectivity index (χ3n) is 5.47. The van der Waals surface area contributed by atoms with Gasteiger partial charge in [0.2, 0.25) is 0 Å². The second-order valence-corrected chi connectivity index (χ2v) is 7.74. The lowest BCUT2D eigenvalue weighted by Gasteiger charge is -2.32. The van der Waals surface area contributed by atoms with Crippen LogP contribution in [0, 0.1) is 11.8 Å². The Morgan fingerprint density at radius 3 is 2.48 bits per heavy atom. The van der Waals surface area contributed by atoms with E-state index in [0.717, 1.165) is 29.5 Å². The molecule has 132 valence electrons. The van der Waals surface area contributed by atoms with E-state index in [4.69, 9.17) is 11.6 Å². The van der Waals surface area contributed by atoms with Crippen LogP contribution in [-0.4, -0.2) is 5.11 Å². The van der Waals surface area contributed by atoms with Crippen LogP contribution in [0.4, 0.5) is 0 Å². The summed E-state index contributed by atoms with van der Waals surface area (Å²) in [6, 6.07) is 16.0. The summed E-state index contributed by atoms with van der Waals surface area (Å²) >= 11 is 6.44. The van der Waals surface area contributed by atoms with Crippen LogP contribution >= 0.6 is 11.6 Å². The number of halogens is 1. The fraction of sp³-hybridized carbons (Fsp3) is 0.391. The average Bonchev–Trinajstić information content (AvgIpc) is 2.62. The number of aliphatic hydroxyl groups is 1. The Hall–Kier alpha value is -1.57. The predicted molar refractivity (Wildman–Crippen MR) is 107 cm³/mol. The summed E-state index contributed by atoms with van der Waals surface area (Å²) in [7, 11) is 0. The van der Waals surface area contributed by atoms with Gasteiger partial charge in [-0.1, -0.05) is 86.5 Å². The van der Waals surface area contributed by atoms with Crippen molar-refractivity contribution in [2.45, 2.75) is 45.1 Å². The standard InChI is InChI=1S/C23H27ClO/c1-3-18-13-15-23(25,14-12-17(2)16-18)21-10-6-4-8-19(21)20-9-5-7-11-22(20)24/h4-12,14,17-18,25H,3,13,15-16H2,1-2H3/b14-12+. The molecule has 1 nitrogen and oxygen atoms in total. The number of benzene rings is 2. The van der Waals surface area contributed by atoms with E-state index in [1.807, 2.05) is 48.5 Å². The molecule has 25 heavy (non-hydrogen) atoms. The van der Waals surface area contributed by atoms with Crippen molar-refractivity contribution >= 4 is 11.6 Å². The molecule has 0 aliphatic heterocycles. The Labute approximate surface area is 156 Å². The lowest BCUT2D eigenvalue weighted by molar-refractivity contribution is 0.0672. The quantitative estimate of drug-likeness (QED) is 0.616. The molecule has 1 aliphatic carbocycles. The van der Waals surface area contributed by atoms with Crippen LogP contribution < -0.4 is 0 Å². The zero-order valence-electron chi connectivity index (χ0n) is 15.1. The highest BCUT2D eigenvalue weighted by Gasteiger charge is 2.31. The van der Waals surface area contributed by atoms with Crippen molar-refractivity contribution in [3.63, 3.8) is 0 Å². The molecule has 2 aromatic carbocycles. The van der Waals surface area contributed by atoms with Gasteiger partial charge in [0.15, 0.2) is 0 Å². The molecule has 0 aromatic heterocycles. The van der Waals surface area contributed by atoms with E-state index >= 15 is 0 Å². The largest absolute Gasteiger partial charge is 0.381 e. The van der Waals surface area contributed by atoms with Crippen LogP contribution in [0.1, 0.15) is 45.1 Å². The Morgan fingerprint density at radius 2 is 1.76 bits per heavy atom. The molecule has 2 aromatic rings. The fourth-order valence-corrected chi connectivity index (χ4v) is 4.16. The van der Waals surface area contributed by atoms with Gasteiger partial charge in [0, 0.05) is 10.6 Å². The van der Waals surface area contributed by atoms with Gasteiger partial charge in [0.1, 0.15) is 5.60 Å². The fourth-order valence-electron chi connectivity index (χ4n) is 3.92. The zero-order valence-corrected chi connectivity index (χ0v) is 15.8. The van der Waals surface area contributed by atoms with Gasteiger partial charge in [0.05, 0.1) is 0 Å².